The van der Waals surface area contributed by atoms with Gasteiger partial charge in [0.05, 0.1) is 12.5 Å². The van der Waals surface area contributed by atoms with Crippen molar-refractivity contribution >= 4 is 11.6 Å². The topological polar surface area (TPSA) is 44.1 Å². The number of hydrogen-bond donors (Lipinski definition) is 0. The van der Waals surface area contributed by atoms with Crippen molar-refractivity contribution in [1.82, 2.24) is 0 Å². The van der Waals surface area contributed by atoms with Crippen LogP contribution < -0.4 is 4.90 Å². The minimum absolute atomic E-state index is 0.116. The quantitative estimate of drug-likeness (QED) is 0.689. The van der Waals surface area contributed by atoms with Gasteiger partial charge in [-0.3, -0.25) is 4.79 Å². The van der Waals surface area contributed by atoms with Gasteiger partial charge in [0.25, 0.3) is 0 Å². The molecule has 0 fully saturated rings. The smallest absolute Gasteiger partial charge is 0.227 e. The van der Waals surface area contributed by atoms with E-state index in [1.165, 1.54) is 0 Å². The van der Waals surface area contributed by atoms with E-state index in [4.69, 9.17) is 5.26 Å². The van der Waals surface area contributed by atoms with Gasteiger partial charge in [-0.1, -0.05) is 38.0 Å². The highest BCUT2D eigenvalue weighted by molar-refractivity contribution is 5.93. The van der Waals surface area contributed by atoms with Gasteiger partial charge in [-0.15, -0.1) is 0 Å². The second-order valence-corrected chi connectivity index (χ2v) is 4.25. The second-order valence-electron chi connectivity index (χ2n) is 4.25. The minimum Gasteiger partial charge on any atom is -0.311 e. The predicted octanol–water partition coefficient (Wildman–Crippen LogP) is 3.51. The average Bonchev–Trinajstić information content (AvgIpc) is 2.41. The van der Waals surface area contributed by atoms with Crippen LogP contribution in [0.5, 0.6) is 0 Å². The van der Waals surface area contributed by atoms with Crippen LogP contribution in [0.2, 0.25) is 0 Å². The molecule has 0 aliphatic carbocycles. The summed E-state index contributed by atoms with van der Waals surface area (Å²) in [7, 11) is 0. The number of amides is 1. The highest BCUT2D eigenvalue weighted by atomic mass is 16.2. The van der Waals surface area contributed by atoms with Crippen LogP contribution in [-0.2, 0) is 4.79 Å². The van der Waals surface area contributed by atoms with Crippen LogP contribution in [0, 0.1) is 11.3 Å². The molecule has 96 valence electrons. The SMILES string of the molecule is CCCCCC(=O)N(CCC#N)c1ccccc1. The first-order valence-electron chi connectivity index (χ1n) is 6.52. The molecule has 0 unspecified atom stereocenters. The fourth-order valence-corrected chi connectivity index (χ4v) is 1.83. The Morgan fingerprint density at radius 1 is 1.28 bits per heavy atom. The summed E-state index contributed by atoms with van der Waals surface area (Å²) in [5.41, 5.74) is 0.884. The molecule has 3 nitrogen and oxygen atoms in total. The molecule has 0 bridgehead atoms. The zero-order valence-corrected chi connectivity index (χ0v) is 10.9. The molecule has 0 spiro atoms. The normalized spacial score (nSPS) is 9.78. The molecule has 0 heterocycles. The number of unbranched alkanes of at least 4 members (excludes halogenated alkanes) is 2. The third-order valence-corrected chi connectivity index (χ3v) is 2.81. The summed E-state index contributed by atoms with van der Waals surface area (Å²) < 4.78 is 0. The maximum Gasteiger partial charge on any atom is 0.227 e. The van der Waals surface area contributed by atoms with Crippen molar-refractivity contribution in [3.8, 4) is 6.07 Å². The first-order valence-corrected chi connectivity index (χ1v) is 6.52. The first-order chi connectivity index (χ1) is 8.79. The molecule has 0 saturated carbocycles. The molecular weight excluding hydrogens is 224 g/mol. The maximum absolute atomic E-state index is 12.1. The highest BCUT2D eigenvalue weighted by Gasteiger charge is 2.14. The van der Waals surface area contributed by atoms with Gasteiger partial charge in [-0.25, -0.2) is 0 Å². The van der Waals surface area contributed by atoms with Crippen LogP contribution in [0.1, 0.15) is 39.0 Å². The Bertz CT molecular complexity index is 395. The van der Waals surface area contributed by atoms with Gasteiger partial charge in [0.2, 0.25) is 5.91 Å². The Labute approximate surface area is 109 Å². The largest absolute Gasteiger partial charge is 0.311 e. The van der Waals surface area contributed by atoms with Gasteiger partial charge in [0.1, 0.15) is 0 Å². The van der Waals surface area contributed by atoms with E-state index in [1.54, 1.807) is 4.90 Å². The number of para-hydroxylation sites is 1. The molecule has 0 aliphatic rings. The third kappa shape index (κ3) is 4.58. The van der Waals surface area contributed by atoms with Crippen LogP contribution in [-0.4, -0.2) is 12.5 Å². The van der Waals surface area contributed by atoms with Crippen LogP contribution in [0.15, 0.2) is 30.3 Å². The van der Waals surface area contributed by atoms with Gasteiger partial charge in [-0.2, -0.15) is 5.26 Å². The second kappa shape index (κ2) is 8.30. The van der Waals surface area contributed by atoms with Gasteiger partial charge in [0, 0.05) is 18.7 Å². The Kier molecular flexibility index (Phi) is 6.56. The van der Waals surface area contributed by atoms with Crippen molar-refractivity contribution < 1.29 is 4.79 Å². The molecule has 18 heavy (non-hydrogen) atoms. The van der Waals surface area contributed by atoms with E-state index in [1.807, 2.05) is 30.3 Å². The Hall–Kier alpha value is -1.82. The molecule has 0 atom stereocenters. The molecule has 1 aromatic carbocycles. The lowest BCUT2D eigenvalue weighted by molar-refractivity contribution is -0.118. The number of nitriles is 1. The molecule has 0 radical (unpaired) electrons. The molecule has 1 aromatic rings. The van der Waals surface area contributed by atoms with Crippen molar-refractivity contribution in [2.24, 2.45) is 0 Å². The van der Waals surface area contributed by atoms with E-state index in [2.05, 4.69) is 13.0 Å². The molecule has 0 aromatic heterocycles. The first kappa shape index (κ1) is 14.2. The van der Waals surface area contributed by atoms with E-state index in [0.717, 1.165) is 24.9 Å². The number of carbonyl (C=O) groups is 1. The molecule has 0 saturated heterocycles. The summed E-state index contributed by atoms with van der Waals surface area (Å²) in [6.45, 7) is 2.60. The third-order valence-electron chi connectivity index (χ3n) is 2.81. The number of anilines is 1. The Morgan fingerprint density at radius 3 is 2.61 bits per heavy atom. The summed E-state index contributed by atoms with van der Waals surface area (Å²) >= 11 is 0. The number of carbonyl (C=O) groups excluding carboxylic acids is 1. The van der Waals surface area contributed by atoms with E-state index < -0.39 is 0 Å². The molecule has 0 N–H and O–H groups in total. The van der Waals surface area contributed by atoms with Crippen LogP contribution in [0.3, 0.4) is 0 Å². The fourth-order valence-electron chi connectivity index (χ4n) is 1.83. The van der Waals surface area contributed by atoms with Crippen molar-refractivity contribution in [1.29, 1.82) is 5.26 Å². The average molecular weight is 244 g/mol. The zero-order valence-electron chi connectivity index (χ0n) is 10.9. The number of nitrogens with zero attached hydrogens (tertiary/aromatic N) is 2. The maximum atomic E-state index is 12.1. The molecule has 1 amide bonds. The van der Waals surface area contributed by atoms with E-state index in [0.29, 0.717) is 19.4 Å². The zero-order chi connectivity index (χ0) is 13.2. The summed E-state index contributed by atoms with van der Waals surface area (Å²) in [6, 6.07) is 11.7. The number of hydrogen-bond acceptors (Lipinski definition) is 2. The van der Waals surface area contributed by atoms with Crippen LogP contribution in [0.4, 0.5) is 5.69 Å². The van der Waals surface area contributed by atoms with Crippen LogP contribution in [0.25, 0.3) is 0 Å². The summed E-state index contributed by atoms with van der Waals surface area (Å²) in [5, 5.41) is 8.67. The van der Waals surface area contributed by atoms with Gasteiger partial charge in [-0.05, 0) is 18.6 Å². The molecule has 0 aliphatic heterocycles. The van der Waals surface area contributed by atoms with Gasteiger partial charge < -0.3 is 4.90 Å². The Morgan fingerprint density at radius 2 is 2.00 bits per heavy atom. The lowest BCUT2D eigenvalue weighted by Gasteiger charge is -2.21. The number of benzene rings is 1. The summed E-state index contributed by atoms with van der Waals surface area (Å²) in [4.78, 5) is 13.9. The Balaban J connectivity index is 2.66. The van der Waals surface area contributed by atoms with Crippen molar-refractivity contribution in [2.45, 2.75) is 39.0 Å². The highest BCUT2D eigenvalue weighted by Crippen LogP contribution is 2.16. The van der Waals surface area contributed by atoms with Crippen molar-refractivity contribution in [3.63, 3.8) is 0 Å². The van der Waals surface area contributed by atoms with Gasteiger partial charge >= 0.3 is 0 Å². The molecule has 1 rings (SSSR count). The van der Waals surface area contributed by atoms with E-state index >= 15 is 0 Å². The minimum atomic E-state index is 0.116. The van der Waals surface area contributed by atoms with Gasteiger partial charge in [0.15, 0.2) is 0 Å². The predicted molar refractivity (Wildman–Crippen MR) is 73.2 cm³/mol. The van der Waals surface area contributed by atoms with Crippen LogP contribution >= 0.6 is 0 Å². The molecular formula is C15H20N2O. The van der Waals surface area contributed by atoms with Crippen molar-refractivity contribution in [3.05, 3.63) is 30.3 Å². The summed E-state index contributed by atoms with van der Waals surface area (Å²) in [6.07, 6.45) is 4.04. The molecule has 3 heteroatoms. The monoisotopic (exact) mass is 244 g/mol. The number of rotatable bonds is 7. The fraction of sp³-hybridized carbons (Fsp3) is 0.467. The summed E-state index contributed by atoms with van der Waals surface area (Å²) in [5.74, 6) is 0.116. The van der Waals surface area contributed by atoms with Crippen molar-refractivity contribution in [2.75, 3.05) is 11.4 Å². The lowest BCUT2D eigenvalue weighted by atomic mass is 10.1. The van der Waals surface area contributed by atoms with E-state index in [-0.39, 0.29) is 5.91 Å². The van der Waals surface area contributed by atoms with E-state index in [9.17, 15) is 4.79 Å². The standard InChI is InChI=1S/C15H20N2O/c1-2-3-5-11-15(18)17(13-8-12-16)14-9-6-4-7-10-14/h4,6-7,9-10H,2-3,5,8,11,13H2,1H3. The lowest BCUT2D eigenvalue weighted by Crippen LogP contribution is -2.31.